The highest BCUT2D eigenvalue weighted by Crippen LogP contribution is 2.24. The first-order valence-electron chi connectivity index (χ1n) is 5.97. The lowest BCUT2D eigenvalue weighted by Gasteiger charge is -2.22. The summed E-state index contributed by atoms with van der Waals surface area (Å²) in [6, 6.07) is 2.22. The van der Waals surface area contributed by atoms with Gasteiger partial charge in [-0.3, -0.25) is 4.98 Å². The van der Waals surface area contributed by atoms with E-state index in [0.717, 1.165) is 22.9 Å². The lowest BCUT2D eigenvalue weighted by atomic mass is 9.94. The molecule has 2 atom stereocenters. The van der Waals surface area contributed by atoms with Gasteiger partial charge in [0.25, 0.3) is 0 Å². The number of rotatable bonds is 4. The van der Waals surface area contributed by atoms with Crippen LogP contribution in [0.4, 0.5) is 0 Å². The predicted octanol–water partition coefficient (Wildman–Crippen LogP) is 1.41. The van der Waals surface area contributed by atoms with E-state index in [1.165, 1.54) is 0 Å². The number of hydrogen-bond acceptors (Lipinski definition) is 4. The van der Waals surface area contributed by atoms with E-state index in [2.05, 4.69) is 26.2 Å². The van der Waals surface area contributed by atoms with Crippen molar-refractivity contribution in [3.8, 4) is 0 Å². The normalized spacial score (nSPS) is 24.0. The first-order chi connectivity index (χ1) is 8.50. The van der Waals surface area contributed by atoms with Gasteiger partial charge in [0.2, 0.25) is 0 Å². The Morgan fingerprint density at radius 1 is 1.56 bits per heavy atom. The van der Waals surface area contributed by atoms with Gasteiger partial charge in [-0.1, -0.05) is 0 Å². The molecule has 6 heteroatoms. The average Bonchev–Trinajstić information content (AvgIpc) is 2.66. The Hall–Kier alpha value is -0.460. The second-order valence-corrected chi connectivity index (χ2v) is 7.92. The molecule has 0 aromatic carbocycles. The van der Waals surface area contributed by atoms with Crippen LogP contribution < -0.4 is 5.32 Å². The third-order valence-electron chi connectivity index (χ3n) is 3.42. The molecule has 1 aliphatic rings. The smallest absolute Gasteiger partial charge is 0.150 e. The molecule has 2 rings (SSSR count). The van der Waals surface area contributed by atoms with Crippen molar-refractivity contribution in [2.24, 2.45) is 5.92 Å². The van der Waals surface area contributed by atoms with Gasteiger partial charge in [-0.15, -0.1) is 0 Å². The fraction of sp³-hybridized carbons (Fsp3) is 0.583. The second kappa shape index (κ2) is 5.67. The van der Waals surface area contributed by atoms with E-state index < -0.39 is 9.84 Å². The second-order valence-electron chi connectivity index (χ2n) is 4.77. The molecule has 1 N–H and O–H groups in total. The Kier molecular flexibility index (Phi) is 4.40. The highest BCUT2D eigenvalue weighted by molar-refractivity contribution is 9.10. The van der Waals surface area contributed by atoms with E-state index in [4.69, 9.17) is 0 Å². The third-order valence-corrected chi connectivity index (χ3v) is 5.65. The minimum Gasteiger partial charge on any atom is -0.316 e. The van der Waals surface area contributed by atoms with Crippen molar-refractivity contribution in [1.82, 2.24) is 10.3 Å². The summed E-state index contributed by atoms with van der Waals surface area (Å²) in [6.45, 7) is 0. The summed E-state index contributed by atoms with van der Waals surface area (Å²) in [6.07, 6.45) is 5.15. The molecule has 0 amide bonds. The van der Waals surface area contributed by atoms with Crippen LogP contribution in [0.1, 0.15) is 12.0 Å². The molecule has 18 heavy (non-hydrogen) atoms. The van der Waals surface area contributed by atoms with E-state index in [1.807, 2.05) is 19.3 Å². The highest BCUT2D eigenvalue weighted by Gasteiger charge is 2.32. The molecule has 0 spiro atoms. The molecule has 1 aliphatic heterocycles. The number of pyridine rings is 1. The summed E-state index contributed by atoms with van der Waals surface area (Å²) in [7, 11) is -0.926. The summed E-state index contributed by atoms with van der Waals surface area (Å²) in [5.74, 6) is 0.839. The van der Waals surface area contributed by atoms with Gasteiger partial charge in [0.15, 0.2) is 9.84 Å². The topological polar surface area (TPSA) is 59.1 Å². The van der Waals surface area contributed by atoms with Gasteiger partial charge < -0.3 is 5.32 Å². The number of sulfone groups is 1. The van der Waals surface area contributed by atoms with Gasteiger partial charge in [0.05, 0.1) is 11.5 Å². The zero-order valence-corrected chi connectivity index (χ0v) is 12.7. The monoisotopic (exact) mass is 332 g/mol. The lowest BCUT2D eigenvalue weighted by Crippen LogP contribution is -2.36. The highest BCUT2D eigenvalue weighted by atomic mass is 79.9. The molecule has 0 aliphatic carbocycles. The van der Waals surface area contributed by atoms with Crippen LogP contribution in [0.5, 0.6) is 0 Å². The number of likely N-dealkylation sites (N-methyl/N-ethyl adjacent to an activating group) is 1. The van der Waals surface area contributed by atoms with Crippen LogP contribution in [0.25, 0.3) is 0 Å². The van der Waals surface area contributed by atoms with Crippen molar-refractivity contribution in [3.05, 3.63) is 28.5 Å². The molecule has 1 aromatic rings. The van der Waals surface area contributed by atoms with E-state index in [-0.39, 0.29) is 12.0 Å². The first-order valence-corrected chi connectivity index (χ1v) is 8.59. The van der Waals surface area contributed by atoms with Crippen LogP contribution in [0.15, 0.2) is 22.9 Å². The Morgan fingerprint density at radius 3 is 2.89 bits per heavy atom. The van der Waals surface area contributed by atoms with Crippen molar-refractivity contribution in [2.45, 2.75) is 18.9 Å². The third kappa shape index (κ3) is 3.52. The molecule has 0 radical (unpaired) electrons. The Bertz CT molecular complexity index is 519. The van der Waals surface area contributed by atoms with E-state index >= 15 is 0 Å². The Balaban J connectivity index is 2.06. The molecule has 100 valence electrons. The van der Waals surface area contributed by atoms with E-state index in [9.17, 15) is 8.42 Å². The van der Waals surface area contributed by atoms with Gasteiger partial charge in [0, 0.05) is 22.9 Å². The van der Waals surface area contributed by atoms with Crippen molar-refractivity contribution in [2.75, 3.05) is 18.6 Å². The van der Waals surface area contributed by atoms with Crippen LogP contribution in [-0.4, -0.2) is 38.0 Å². The molecule has 1 saturated heterocycles. The van der Waals surface area contributed by atoms with E-state index in [1.54, 1.807) is 6.20 Å². The van der Waals surface area contributed by atoms with Crippen molar-refractivity contribution >= 4 is 25.8 Å². The van der Waals surface area contributed by atoms with Crippen molar-refractivity contribution in [3.63, 3.8) is 0 Å². The van der Waals surface area contributed by atoms with Gasteiger partial charge in [-0.2, -0.15) is 0 Å². The number of aromatic nitrogens is 1. The van der Waals surface area contributed by atoms with E-state index in [0.29, 0.717) is 11.5 Å². The van der Waals surface area contributed by atoms with Crippen LogP contribution in [0.3, 0.4) is 0 Å². The quantitative estimate of drug-likeness (QED) is 0.905. The minimum absolute atomic E-state index is 0.193. The Labute approximate surface area is 116 Å². The number of hydrogen-bond donors (Lipinski definition) is 1. The lowest BCUT2D eigenvalue weighted by molar-refractivity contribution is 0.402. The maximum absolute atomic E-state index is 11.5. The zero-order valence-electron chi connectivity index (χ0n) is 10.3. The minimum atomic E-state index is -2.82. The van der Waals surface area contributed by atoms with Gasteiger partial charge in [0.1, 0.15) is 0 Å². The fourth-order valence-corrected chi connectivity index (χ4v) is 4.76. The average molecular weight is 333 g/mol. The molecule has 0 bridgehead atoms. The zero-order chi connectivity index (χ0) is 13.2. The largest absolute Gasteiger partial charge is 0.316 e. The summed E-state index contributed by atoms with van der Waals surface area (Å²) < 4.78 is 24.0. The number of halogens is 1. The van der Waals surface area contributed by atoms with Crippen molar-refractivity contribution < 1.29 is 8.42 Å². The molecule has 2 heterocycles. The Morgan fingerprint density at radius 2 is 2.33 bits per heavy atom. The molecule has 1 fully saturated rings. The first kappa shape index (κ1) is 14.0. The predicted molar refractivity (Wildman–Crippen MR) is 75.2 cm³/mol. The molecular weight excluding hydrogens is 316 g/mol. The summed E-state index contributed by atoms with van der Waals surface area (Å²) in [5.41, 5.74) is 1.12. The summed E-state index contributed by atoms with van der Waals surface area (Å²) >= 11 is 3.40. The van der Waals surface area contributed by atoms with Crippen LogP contribution in [0, 0.1) is 5.92 Å². The summed E-state index contributed by atoms with van der Waals surface area (Å²) in [4.78, 5) is 4.13. The molecule has 2 unspecified atom stereocenters. The molecular formula is C12H17BrN2O2S. The van der Waals surface area contributed by atoms with Crippen LogP contribution in [-0.2, 0) is 16.3 Å². The molecule has 1 aromatic heterocycles. The maximum atomic E-state index is 11.5. The standard InChI is InChI=1S/C12H17BrN2O2S/c1-14-12(10-2-3-18(16,17)8-10)5-9-4-11(13)7-15-6-9/h4,6-7,10,12,14H,2-3,5,8H2,1H3. The van der Waals surface area contributed by atoms with Crippen LogP contribution in [0.2, 0.25) is 0 Å². The fourth-order valence-electron chi connectivity index (χ4n) is 2.47. The maximum Gasteiger partial charge on any atom is 0.150 e. The van der Waals surface area contributed by atoms with Crippen LogP contribution >= 0.6 is 15.9 Å². The number of nitrogens with one attached hydrogen (secondary N) is 1. The van der Waals surface area contributed by atoms with Gasteiger partial charge >= 0.3 is 0 Å². The van der Waals surface area contributed by atoms with Gasteiger partial charge in [-0.05, 0) is 53.4 Å². The molecule has 4 nitrogen and oxygen atoms in total. The SMILES string of the molecule is CNC(Cc1cncc(Br)c1)C1CCS(=O)(=O)C1. The number of nitrogens with zero attached hydrogens (tertiary/aromatic N) is 1. The molecule has 0 saturated carbocycles. The van der Waals surface area contributed by atoms with Crippen molar-refractivity contribution in [1.29, 1.82) is 0 Å². The summed E-state index contributed by atoms with van der Waals surface area (Å²) in [5, 5.41) is 3.24. The van der Waals surface area contributed by atoms with Gasteiger partial charge in [-0.25, -0.2) is 8.42 Å².